The summed E-state index contributed by atoms with van der Waals surface area (Å²) in [7, 11) is 0. The lowest BCUT2D eigenvalue weighted by Crippen LogP contribution is -2.28. The van der Waals surface area contributed by atoms with Gasteiger partial charge in [-0.25, -0.2) is 4.79 Å². The number of carbonyl (C=O) groups is 2. The third kappa shape index (κ3) is 13.0. The molecule has 0 unspecified atom stereocenters. The molecule has 31 heavy (non-hydrogen) atoms. The van der Waals surface area contributed by atoms with Crippen LogP contribution in [0.1, 0.15) is 83.5 Å². The van der Waals surface area contributed by atoms with Gasteiger partial charge < -0.3 is 14.6 Å². The first-order valence-corrected chi connectivity index (χ1v) is 9.70. The molecule has 1 aliphatic rings. The van der Waals surface area contributed by atoms with Gasteiger partial charge in [-0.1, -0.05) is 41.5 Å². The van der Waals surface area contributed by atoms with Gasteiger partial charge in [-0.05, 0) is 49.1 Å². The van der Waals surface area contributed by atoms with Crippen molar-refractivity contribution < 1.29 is 43.4 Å². The Bertz CT molecular complexity index is 731. The summed E-state index contributed by atoms with van der Waals surface area (Å²) in [6, 6.07) is 3.17. The van der Waals surface area contributed by atoms with Gasteiger partial charge in [0, 0.05) is 5.41 Å². The number of furan rings is 1. The van der Waals surface area contributed by atoms with Crippen molar-refractivity contribution in [1.82, 2.24) is 0 Å². The maximum atomic E-state index is 10.7. The second-order valence-corrected chi connectivity index (χ2v) is 9.14. The first-order valence-electron chi connectivity index (χ1n) is 9.70. The predicted octanol–water partition coefficient (Wildman–Crippen LogP) is 4.03. The van der Waals surface area contributed by atoms with Gasteiger partial charge in [0.25, 0.3) is 0 Å². The van der Waals surface area contributed by atoms with E-state index in [9.17, 15) is 9.59 Å². The molecule has 0 saturated heterocycles. The van der Waals surface area contributed by atoms with Crippen LogP contribution in [-0.2, 0) is 29.4 Å². The van der Waals surface area contributed by atoms with Gasteiger partial charge in [-0.15, -0.1) is 0 Å². The molecule has 2 rings (SSSR count). The van der Waals surface area contributed by atoms with Gasteiger partial charge in [0.1, 0.15) is 5.76 Å². The first kappa shape index (κ1) is 30.2. The molecular weight excluding hydrogens is 408 g/mol. The van der Waals surface area contributed by atoms with Crippen LogP contribution in [0.5, 0.6) is 0 Å². The number of carboxylic acid groups (broad SMARTS) is 2. The Kier molecular flexibility index (Phi) is 13.7. The molecule has 1 aromatic heterocycles. The molecule has 0 aromatic carbocycles. The highest BCUT2D eigenvalue weighted by Gasteiger charge is 2.32. The summed E-state index contributed by atoms with van der Waals surface area (Å²) in [6.45, 7) is 12.7. The number of aliphatic carboxylic acids is 1. The summed E-state index contributed by atoms with van der Waals surface area (Å²) < 4.78 is 5.11. The zero-order valence-corrected chi connectivity index (χ0v) is 18.9. The van der Waals surface area contributed by atoms with Gasteiger partial charge in [-0.2, -0.15) is 19.2 Å². The van der Waals surface area contributed by atoms with E-state index in [0.717, 1.165) is 25.7 Å². The first-order chi connectivity index (χ1) is 14.1. The van der Waals surface area contributed by atoms with Crippen molar-refractivity contribution in [3.63, 3.8) is 0 Å². The molecule has 9 nitrogen and oxygen atoms in total. The SMILES string of the molecule is CC(C)(C)C1CCC(C(=O)O)CC1.CC(C)(C)c1ccc(C(=O)O)o1.O=C=O.O=C=O. The molecule has 9 heteroatoms. The van der Waals surface area contributed by atoms with Crippen LogP contribution in [-0.4, -0.2) is 34.5 Å². The number of carbonyl (C=O) groups excluding carboxylic acids is 4. The van der Waals surface area contributed by atoms with Gasteiger partial charge in [0.2, 0.25) is 5.76 Å². The van der Waals surface area contributed by atoms with Crippen molar-refractivity contribution in [3.8, 4) is 0 Å². The van der Waals surface area contributed by atoms with Crippen LogP contribution >= 0.6 is 0 Å². The highest BCUT2D eigenvalue weighted by molar-refractivity contribution is 5.84. The Morgan fingerprint density at radius 2 is 1.29 bits per heavy atom. The molecule has 1 heterocycles. The summed E-state index contributed by atoms with van der Waals surface area (Å²) >= 11 is 0. The largest absolute Gasteiger partial charge is 0.481 e. The number of rotatable bonds is 2. The van der Waals surface area contributed by atoms with Crippen molar-refractivity contribution in [2.45, 2.75) is 72.6 Å². The fourth-order valence-electron chi connectivity index (χ4n) is 3.06. The molecule has 1 saturated carbocycles. The fraction of sp³-hybridized carbons (Fsp3) is 0.636. The summed E-state index contributed by atoms with van der Waals surface area (Å²) in [5.41, 5.74) is 0.219. The van der Waals surface area contributed by atoms with E-state index in [0.29, 0.717) is 17.1 Å². The monoisotopic (exact) mass is 440 g/mol. The van der Waals surface area contributed by atoms with Crippen LogP contribution in [0.2, 0.25) is 0 Å². The molecule has 0 aliphatic heterocycles. The van der Waals surface area contributed by atoms with E-state index in [-0.39, 0.29) is 29.4 Å². The smallest absolute Gasteiger partial charge is 0.373 e. The molecule has 1 aliphatic carbocycles. The van der Waals surface area contributed by atoms with Gasteiger partial charge >= 0.3 is 24.2 Å². The Morgan fingerprint density at radius 1 is 0.871 bits per heavy atom. The molecule has 0 amide bonds. The Balaban J connectivity index is 0. The van der Waals surface area contributed by atoms with Gasteiger partial charge in [0.15, 0.2) is 0 Å². The maximum Gasteiger partial charge on any atom is 0.373 e. The normalized spacial score (nSPS) is 17.6. The van der Waals surface area contributed by atoms with Gasteiger partial charge in [0.05, 0.1) is 5.92 Å². The zero-order valence-electron chi connectivity index (χ0n) is 18.9. The highest BCUT2D eigenvalue weighted by Crippen LogP contribution is 2.39. The number of hydrogen-bond donors (Lipinski definition) is 2. The Hall–Kier alpha value is -3.02. The standard InChI is InChI=1S/C11H20O2.C9H12O3.2CO2/c1-11(2,3)9-6-4-8(5-7-9)10(12)13;1-9(2,3)7-5-4-6(12-7)8(10)11;2*2-1-3/h8-9H,4-7H2,1-3H3,(H,12,13);4-5H,1-3H3,(H,10,11);;. The lowest BCUT2D eigenvalue weighted by atomic mass is 9.70. The van der Waals surface area contributed by atoms with Crippen LogP contribution in [0, 0.1) is 17.3 Å². The second-order valence-electron chi connectivity index (χ2n) is 9.14. The molecule has 0 bridgehead atoms. The summed E-state index contributed by atoms with van der Waals surface area (Å²) in [6.07, 6.45) is 4.41. The van der Waals surface area contributed by atoms with Crippen molar-refractivity contribution in [1.29, 1.82) is 0 Å². The Labute approximate surface area is 181 Å². The molecule has 0 spiro atoms. The Morgan fingerprint density at radius 3 is 1.52 bits per heavy atom. The van der Waals surface area contributed by atoms with E-state index in [1.54, 1.807) is 6.07 Å². The van der Waals surface area contributed by atoms with Crippen LogP contribution in [0.3, 0.4) is 0 Å². The molecule has 1 aromatic rings. The lowest BCUT2D eigenvalue weighted by Gasteiger charge is -2.35. The fourth-order valence-corrected chi connectivity index (χ4v) is 3.06. The van der Waals surface area contributed by atoms with Crippen molar-refractivity contribution in [2.75, 3.05) is 0 Å². The van der Waals surface area contributed by atoms with E-state index in [4.69, 9.17) is 33.8 Å². The molecule has 0 atom stereocenters. The predicted molar refractivity (Wildman–Crippen MR) is 107 cm³/mol. The van der Waals surface area contributed by atoms with Crippen LogP contribution in [0.4, 0.5) is 0 Å². The average molecular weight is 440 g/mol. The van der Waals surface area contributed by atoms with Crippen molar-refractivity contribution in [3.05, 3.63) is 23.7 Å². The quantitative estimate of drug-likeness (QED) is 0.693. The minimum absolute atomic E-state index is 0.0000694. The number of hydrogen-bond acceptors (Lipinski definition) is 7. The summed E-state index contributed by atoms with van der Waals surface area (Å²) in [5, 5.41) is 17.4. The van der Waals surface area contributed by atoms with E-state index in [1.165, 1.54) is 6.07 Å². The third-order valence-electron chi connectivity index (χ3n) is 4.86. The third-order valence-corrected chi connectivity index (χ3v) is 4.86. The van der Waals surface area contributed by atoms with E-state index < -0.39 is 11.9 Å². The molecule has 0 radical (unpaired) electrons. The van der Waals surface area contributed by atoms with Crippen LogP contribution in [0.15, 0.2) is 16.5 Å². The van der Waals surface area contributed by atoms with E-state index in [1.807, 2.05) is 20.8 Å². The summed E-state index contributed by atoms with van der Waals surface area (Å²) in [5.74, 6) is -0.292. The van der Waals surface area contributed by atoms with Crippen molar-refractivity contribution in [2.24, 2.45) is 17.3 Å². The highest BCUT2D eigenvalue weighted by atomic mass is 16.4. The van der Waals surface area contributed by atoms with Crippen LogP contribution in [0.25, 0.3) is 0 Å². The minimum atomic E-state index is -1.02. The molecular formula is C22H32O9. The molecule has 174 valence electrons. The average Bonchev–Trinajstić information content (AvgIpc) is 3.14. The van der Waals surface area contributed by atoms with E-state index >= 15 is 0 Å². The minimum Gasteiger partial charge on any atom is -0.481 e. The second kappa shape index (κ2) is 14.1. The number of carboxylic acids is 2. The summed E-state index contributed by atoms with van der Waals surface area (Å²) in [4.78, 5) is 53.7. The topological polar surface area (TPSA) is 156 Å². The molecule has 2 N–H and O–H groups in total. The lowest BCUT2D eigenvalue weighted by molar-refractivity contribution is -0.193. The van der Waals surface area contributed by atoms with Gasteiger partial charge in [-0.3, -0.25) is 4.79 Å². The maximum absolute atomic E-state index is 10.7. The van der Waals surface area contributed by atoms with E-state index in [2.05, 4.69) is 20.8 Å². The number of aromatic carboxylic acids is 1. The molecule has 1 fully saturated rings. The zero-order chi connectivity index (χ0) is 24.8. The van der Waals surface area contributed by atoms with Crippen molar-refractivity contribution >= 4 is 24.2 Å². The van der Waals surface area contributed by atoms with Crippen LogP contribution < -0.4 is 0 Å².